The van der Waals surface area contributed by atoms with Crippen LogP contribution in [0, 0.1) is 0 Å². The molecule has 2 atom stereocenters. The first-order chi connectivity index (χ1) is 8.86. The maximum atomic E-state index is 11.5. The molecule has 0 aliphatic heterocycles. The van der Waals surface area contributed by atoms with Crippen molar-refractivity contribution in [2.75, 3.05) is 13.7 Å². The third-order valence-corrected chi connectivity index (χ3v) is 2.33. The molecule has 0 bridgehead atoms. The normalized spacial score (nSPS) is 13.4. The lowest BCUT2D eigenvalue weighted by Crippen LogP contribution is -2.49. The van der Waals surface area contributed by atoms with Gasteiger partial charge in [-0.15, -0.1) is 0 Å². The average molecular weight is 275 g/mol. The third kappa shape index (κ3) is 8.83. The molecule has 8 nitrogen and oxygen atoms in total. The molecule has 0 fully saturated rings. The molecule has 0 rings (SSSR count). The molecular weight excluding hydrogens is 254 g/mol. The number of primary amides is 1. The van der Waals surface area contributed by atoms with Crippen LogP contribution in [0.3, 0.4) is 0 Å². The van der Waals surface area contributed by atoms with Crippen LogP contribution in [0.1, 0.15) is 26.2 Å². The molecule has 0 aliphatic carbocycles. The zero-order chi connectivity index (χ0) is 14.8. The fraction of sp³-hybridized carbons (Fsp3) is 0.727. The van der Waals surface area contributed by atoms with Gasteiger partial charge in [-0.2, -0.15) is 0 Å². The minimum Gasteiger partial charge on any atom is -0.480 e. The minimum absolute atomic E-state index is 0.00513. The van der Waals surface area contributed by atoms with Crippen LogP contribution in [-0.2, 0) is 14.3 Å². The molecule has 0 radical (unpaired) electrons. The Morgan fingerprint density at radius 1 is 1.32 bits per heavy atom. The van der Waals surface area contributed by atoms with Crippen molar-refractivity contribution in [3.63, 3.8) is 0 Å². The SMILES string of the molecule is COCCCC(NC(=O)NC(C)CC(N)=O)C(=O)O. The van der Waals surface area contributed by atoms with E-state index in [1.54, 1.807) is 6.92 Å². The van der Waals surface area contributed by atoms with Crippen molar-refractivity contribution in [2.24, 2.45) is 5.73 Å². The van der Waals surface area contributed by atoms with E-state index in [1.165, 1.54) is 7.11 Å². The van der Waals surface area contributed by atoms with Gasteiger partial charge in [-0.1, -0.05) is 0 Å². The summed E-state index contributed by atoms with van der Waals surface area (Å²) in [6, 6.07) is -2.08. The molecule has 0 saturated carbocycles. The Hall–Kier alpha value is -1.83. The second kappa shape index (κ2) is 9.15. The summed E-state index contributed by atoms with van der Waals surface area (Å²) in [6.45, 7) is 2.02. The number of carboxylic acid groups (broad SMARTS) is 1. The first-order valence-electron chi connectivity index (χ1n) is 5.94. The Labute approximate surface area is 111 Å². The Balaban J connectivity index is 4.16. The number of nitrogens with one attached hydrogen (secondary N) is 2. The summed E-state index contributed by atoms with van der Waals surface area (Å²) in [5.41, 5.74) is 4.98. The first kappa shape index (κ1) is 17.2. The molecule has 0 aromatic rings. The molecule has 0 spiro atoms. The van der Waals surface area contributed by atoms with E-state index in [2.05, 4.69) is 10.6 Å². The van der Waals surface area contributed by atoms with E-state index in [4.69, 9.17) is 15.6 Å². The molecule has 0 saturated heterocycles. The molecule has 5 N–H and O–H groups in total. The quantitative estimate of drug-likeness (QED) is 0.418. The van der Waals surface area contributed by atoms with Crippen LogP contribution < -0.4 is 16.4 Å². The molecule has 19 heavy (non-hydrogen) atoms. The Kier molecular flexibility index (Phi) is 8.27. The predicted molar refractivity (Wildman–Crippen MR) is 67.5 cm³/mol. The number of urea groups is 1. The van der Waals surface area contributed by atoms with Crippen molar-refractivity contribution in [3.8, 4) is 0 Å². The molecule has 0 aromatic carbocycles. The van der Waals surface area contributed by atoms with Crippen LogP contribution in [0.15, 0.2) is 0 Å². The van der Waals surface area contributed by atoms with Gasteiger partial charge in [0.15, 0.2) is 0 Å². The summed E-state index contributed by atoms with van der Waals surface area (Å²) in [4.78, 5) is 33.1. The van der Waals surface area contributed by atoms with Crippen LogP contribution in [-0.4, -0.2) is 48.8 Å². The number of ether oxygens (including phenoxy) is 1. The van der Waals surface area contributed by atoms with Crippen LogP contribution in [0.25, 0.3) is 0 Å². The number of amides is 3. The van der Waals surface area contributed by atoms with E-state index in [1.807, 2.05) is 0 Å². The highest BCUT2D eigenvalue weighted by molar-refractivity contribution is 5.83. The van der Waals surface area contributed by atoms with Crippen molar-refractivity contribution < 1.29 is 24.2 Å². The minimum atomic E-state index is -1.12. The van der Waals surface area contributed by atoms with E-state index < -0.39 is 30.0 Å². The number of carbonyl (C=O) groups excluding carboxylic acids is 2. The van der Waals surface area contributed by atoms with Gasteiger partial charge in [0.1, 0.15) is 6.04 Å². The van der Waals surface area contributed by atoms with Crippen LogP contribution in [0.2, 0.25) is 0 Å². The van der Waals surface area contributed by atoms with Crippen LogP contribution in [0.5, 0.6) is 0 Å². The van der Waals surface area contributed by atoms with Gasteiger partial charge in [0.25, 0.3) is 0 Å². The zero-order valence-electron chi connectivity index (χ0n) is 11.1. The summed E-state index contributed by atoms with van der Waals surface area (Å²) in [5, 5.41) is 13.7. The van der Waals surface area contributed by atoms with Crippen molar-refractivity contribution >= 4 is 17.9 Å². The Bertz CT molecular complexity index is 321. The van der Waals surface area contributed by atoms with E-state index in [-0.39, 0.29) is 12.8 Å². The number of rotatable bonds is 9. The number of nitrogens with two attached hydrogens (primary N) is 1. The smallest absolute Gasteiger partial charge is 0.326 e. The molecule has 8 heteroatoms. The summed E-state index contributed by atoms with van der Waals surface area (Å²) in [7, 11) is 1.52. The number of carbonyl (C=O) groups is 3. The molecule has 110 valence electrons. The number of hydrogen-bond donors (Lipinski definition) is 4. The molecule has 0 aromatic heterocycles. The Morgan fingerprint density at radius 2 is 1.95 bits per heavy atom. The number of carboxylic acids is 1. The van der Waals surface area contributed by atoms with Crippen molar-refractivity contribution in [3.05, 3.63) is 0 Å². The topological polar surface area (TPSA) is 131 Å². The predicted octanol–water partition coefficient (Wildman–Crippen LogP) is -0.571. The van der Waals surface area contributed by atoms with Gasteiger partial charge in [-0.25, -0.2) is 9.59 Å². The lowest BCUT2D eigenvalue weighted by molar-refractivity contribution is -0.139. The zero-order valence-corrected chi connectivity index (χ0v) is 11.1. The number of aliphatic carboxylic acids is 1. The van der Waals surface area contributed by atoms with Gasteiger partial charge in [0.2, 0.25) is 5.91 Å². The number of hydrogen-bond acceptors (Lipinski definition) is 4. The summed E-state index contributed by atoms with van der Waals surface area (Å²) in [5.74, 6) is -1.66. The van der Waals surface area contributed by atoms with Crippen LogP contribution in [0.4, 0.5) is 4.79 Å². The maximum Gasteiger partial charge on any atom is 0.326 e. The largest absolute Gasteiger partial charge is 0.480 e. The fourth-order valence-electron chi connectivity index (χ4n) is 1.47. The third-order valence-electron chi connectivity index (χ3n) is 2.33. The average Bonchev–Trinajstić information content (AvgIpc) is 2.26. The highest BCUT2D eigenvalue weighted by atomic mass is 16.5. The van der Waals surface area contributed by atoms with Gasteiger partial charge in [-0.3, -0.25) is 4.79 Å². The standard InChI is InChI=1S/C11H21N3O5/c1-7(6-9(12)15)13-11(18)14-8(10(16)17)4-3-5-19-2/h7-8H,3-6H2,1-2H3,(H2,12,15)(H,16,17)(H2,13,14,18). The summed E-state index contributed by atoms with van der Waals surface area (Å²) < 4.78 is 4.81. The second-order valence-corrected chi connectivity index (χ2v) is 4.22. The monoisotopic (exact) mass is 275 g/mol. The Morgan fingerprint density at radius 3 is 2.42 bits per heavy atom. The van der Waals surface area contributed by atoms with Crippen molar-refractivity contribution in [1.82, 2.24) is 10.6 Å². The van der Waals surface area contributed by atoms with E-state index >= 15 is 0 Å². The van der Waals surface area contributed by atoms with Gasteiger partial charge < -0.3 is 26.2 Å². The summed E-state index contributed by atoms with van der Waals surface area (Å²) >= 11 is 0. The van der Waals surface area contributed by atoms with Crippen molar-refractivity contribution in [2.45, 2.75) is 38.3 Å². The van der Waals surface area contributed by atoms with Gasteiger partial charge in [0.05, 0.1) is 0 Å². The van der Waals surface area contributed by atoms with Gasteiger partial charge in [0, 0.05) is 26.2 Å². The lowest BCUT2D eigenvalue weighted by Gasteiger charge is -2.17. The number of methoxy groups -OCH3 is 1. The maximum absolute atomic E-state index is 11.5. The fourth-order valence-corrected chi connectivity index (χ4v) is 1.47. The highest BCUT2D eigenvalue weighted by Gasteiger charge is 2.20. The first-order valence-corrected chi connectivity index (χ1v) is 5.94. The van der Waals surface area contributed by atoms with E-state index in [0.29, 0.717) is 13.0 Å². The highest BCUT2D eigenvalue weighted by Crippen LogP contribution is 1.98. The molecule has 0 heterocycles. The summed E-state index contributed by atoms with van der Waals surface area (Å²) in [6.07, 6.45) is 0.778. The van der Waals surface area contributed by atoms with Crippen LogP contribution >= 0.6 is 0 Å². The van der Waals surface area contributed by atoms with E-state index in [9.17, 15) is 14.4 Å². The molecule has 3 amide bonds. The van der Waals surface area contributed by atoms with Crippen molar-refractivity contribution in [1.29, 1.82) is 0 Å². The molecular formula is C11H21N3O5. The molecule has 2 unspecified atom stereocenters. The van der Waals surface area contributed by atoms with Gasteiger partial charge in [-0.05, 0) is 19.8 Å². The lowest BCUT2D eigenvalue weighted by atomic mass is 10.1. The molecule has 0 aliphatic rings. The van der Waals surface area contributed by atoms with E-state index in [0.717, 1.165) is 0 Å². The second-order valence-electron chi connectivity index (χ2n) is 4.22. The van der Waals surface area contributed by atoms with Gasteiger partial charge >= 0.3 is 12.0 Å².